The molecule has 1 aromatic heterocycles. The summed E-state index contributed by atoms with van der Waals surface area (Å²) in [5.41, 5.74) is 14.5. The fourth-order valence-corrected chi connectivity index (χ4v) is 2.37. The van der Waals surface area contributed by atoms with Gasteiger partial charge in [-0.25, -0.2) is 9.97 Å². The molecule has 2 aromatic rings. The molecule has 0 amide bonds. The average molecular weight is 246 g/mol. The second-order valence-corrected chi connectivity index (χ2v) is 4.87. The van der Waals surface area contributed by atoms with Crippen LogP contribution in [0.3, 0.4) is 0 Å². The van der Waals surface area contributed by atoms with Crippen molar-refractivity contribution in [1.29, 1.82) is 0 Å². The molecule has 1 heterocycles. The summed E-state index contributed by atoms with van der Waals surface area (Å²) in [6.07, 6.45) is 0. The Balaban J connectivity index is 2.28. The zero-order valence-electron chi connectivity index (χ0n) is 9.77. The maximum atomic E-state index is 5.75. The van der Waals surface area contributed by atoms with E-state index in [4.69, 9.17) is 11.5 Å². The van der Waals surface area contributed by atoms with Crippen LogP contribution < -0.4 is 11.5 Å². The third-order valence-electron chi connectivity index (χ3n) is 2.23. The smallest absolute Gasteiger partial charge is 0.192 e. The maximum absolute atomic E-state index is 5.75. The van der Waals surface area contributed by atoms with Gasteiger partial charge in [-0.05, 0) is 49.9 Å². The molecule has 88 valence electrons. The second-order valence-electron chi connectivity index (χ2n) is 3.83. The van der Waals surface area contributed by atoms with Crippen molar-refractivity contribution in [3.63, 3.8) is 0 Å². The number of anilines is 2. The molecule has 0 unspecified atom stereocenters. The molecule has 0 spiro atoms. The van der Waals surface area contributed by atoms with E-state index in [1.807, 2.05) is 32.0 Å². The van der Waals surface area contributed by atoms with Crippen LogP contribution in [0.4, 0.5) is 11.4 Å². The molecule has 0 fully saturated rings. The topological polar surface area (TPSA) is 77.8 Å². The molecule has 1 aromatic carbocycles. The summed E-state index contributed by atoms with van der Waals surface area (Å²) in [5.74, 6) is 0. The molecule has 2 rings (SSSR count). The number of hydrogen-bond acceptors (Lipinski definition) is 5. The summed E-state index contributed by atoms with van der Waals surface area (Å²) in [5, 5.41) is 0.728. The number of hydrogen-bond donors (Lipinski definition) is 2. The lowest BCUT2D eigenvalue weighted by Crippen LogP contribution is -1.95. The first-order valence-electron chi connectivity index (χ1n) is 5.20. The van der Waals surface area contributed by atoms with E-state index < -0.39 is 0 Å². The van der Waals surface area contributed by atoms with Crippen molar-refractivity contribution >= 4 is 23.1 Å². The Bertz CT molecular complexity index is 534. The Hall–Kier alpha value is -1.75. The third kappa shape index (κ3) is 2.88. The predicted molar refractivity (Wildman–Crippen MR) is 70.9 cm³/mol. The molecule has 0 atom stereocenters. The van der Waals surface area contributed by atoms with E-state index in [1.165, 1.54) is 11.8 Å². The number of nitrogen functional groups attached to an aromatic ring is 2. The summed E-state index contributed by atoms with van der Waals surface area (Å²) in [6, 6.07) is 7.49. The molecule has 0 aliphatic heterocycles. The molecule has 0 bridgehead atoms. The van der Waals surface area contributed by atoms with Gasteiger partial charge in [0.05, 0.1) is 11.4 Å². The zero-order chi connectivity index (χ0) is 12.4. The molecule has 5 heteroatoms. The highest BCUT2D eigenvalue weighted by molar-refractivity contribution is 7.99. The van der Waals surface area contributed by atoms with Gasteiger partial charge in [0.2, 0.25) is 0 Å². The molecule has 0 saturated carbocycles. The first-order valence-corrected chi connectivity index (χ1v) is 6.01. The lowest BCUT2D eigenvalue weighted by molar-refractivity contribution is 0.902. The van der Waals surface area contributed by atoms with Crippen molar-refractivity contribution in [1.82, 2.24) is 9.97 Å². The number of benzene rings is 1. The molecule has 0 radical (unpaired) electrons. The SMILES string of the molecule is Cc1cc(C)nc(Sc2ccc(N)c(N)c2)n1. The van der Waals surface area contributed by atoms with Crippen molar-refractivity contribution in [2.24, 2.45) is 0 Å². The van der Waals surface area contributed by atoms with Crippen LogP contribution in [-0.2, 0) is 0 Å². The number of rotatable bonds is 2. The molecule has 0 saturated heterocycles. The highest BCUT2D eigenvalue weighted by Gasteiger charge is 2.04. The van der Waals surface area contributed by atoms with Gasteiger partial charge in [-0.1, -0.05) is 0 Å². The van der Waals surface area contributed by atoms with Crippen molar-refractivity contribution in [3.8, 4) is 0 Å². The van der Waals surface area contributed by atoms with E-state index in [0.717, 1.165) is 21.4 Å². The normalized spacial score (nSPS) is 10.5. The molecule has 4 nitrogen and oxygen atoms in total. The highest BCUT2D eigenvalue weighted by atomic mass is 32.2. The van der Waals surface area contributed by atoms with Gasteiger partial charge in [0.25, 0.3) is 0 Å². The lowest BCUT2D eigenvalue weighted by atomic mass is 10.3. The van der Waals surface area contributed by atoms with Crippen LogP contribution in [0.2, 0.25) is 0 Å². The third-order valence-corrected chi connectivity index (χ3v) is 3.08. The minimum Gasteiger partial charge on any atom is -0.397 e. The van der Waals surface area contributed by atoms with Crippen LogP contribution in [0.15, 0.2) is 34.3 Å². The minimum atomic E-state index is 0.583. The Morgan fingerprint density at radius 2 is 1.59 bits per heavy atom. The summed E-state index contributed by atoms with van der Waals surface area (Å²) in [4.78, 5) is 9.71. The van der Waals surface area contributed by atoms with Crippen LogP contribution in [0.1, 0.15) is 11.4 Å². The van der Waals surface area contributed by atoms with Gasteiger partial charge >= 0.3 is 0 Å². The van der Waals surface area contributed by atoms with Crippen molar-refractivity contribution < 1.29 is 0 Å². The Labute approximate surface area is 104 Å². The number of nitrogens with zero attached hydrogens (tertiary/aromatic N) is 2. The molecule has 0 aliphatic rings. The lowest BCUT2D eigenvalue weighted by Gasteiger charge is -2.05. The van der Waals surface area contributed by atoms with Gasteiger partial charge in [-0.15, -0.1) is 0 Å². The molecular weight excluding hydrogens is 232 g/mol. The number of aromatic nitrogens is 2. The standard InChI is InChI=1S/C12H14N4S/c1-7-5-8(2)16-12(15-7)17-9-3-4-10(13)11(14)6-9/h3-6H,13-14H2,1-2H3. The van der Waals surface area contributed by atoms with Gasteiger partial charge in [0.15, 0.2) is 5.16 Å². The first kappa shape index (κ1) is 11.7. The van der Waals surface area contributed by atoms with E-state index in [0.29, 0.717) is 11.4 Å². The van der Waals surface area contributed by atoms with E-state index in [9.17, 15) is 0 Å². The molecule has 0 aliphatic carbocycles. The summed E-state index contributed by atoms with van der Waals surface area (Å²) >= 11 is 1.48. The van der Waals surface area contributed by atoms with E-state index in [2.05, 4.69) is 9.97 Å². The first-order chi connectivity index (χ1) is 8.04. The van der Waals surface area contributed by atoms with Gasteiger partial charge in [-0.2, -0.15) is 0 Å². The quantitative estimate of drug-likeness (QED) is 0.628. The van der Waals surface area contributed by atoms with E-state index in [1.54, 1.807) is 6.07 Å². The van der Waals surface area contributed by atoms with Crippen LogP contribution in [0.5, 0.6) is 0 Å². The number of nitrogens with two attached hydrogens (primary N) is 2. The van der Waals surface area contributed by atoms with Crippen molar-refractivity contribution in [3.05, 3.63) is 35.7 Å². The minimum absolute atomic E-state index is 0.583. The Morgan fingerprint density at radius 1 is 0.941 bits per heavy atom. The Morgan fingerprint density at radius 3 is 2.18 bits per heavy atom. The fraction of sp³-hybridized carbons (Fsp3) is 0.167. The van der Waals surface area contributed by atoms with Crippen LogP contribution >= 0.6 is 11.8 Å². The average Bonchev–Trinajstić information content (AvgIpc) is 2.22. The molecular formula is C12H14N4S. The van der Waals surface area contributed by atoms with Crippen LogP contribution in [-0.4, -0.2) is 9.97 Å². The summed E-state index contributed by atoms with van der Waals surface area (Å²) < 4.78 is 0. The monoisotopic (exact) mass is 246 g/mol. The largest absolute Gasteiger partial charge is 0.397 e. The zero-order valence-corrected chi connectivity index (χ0v) is 10.6. The van der Waals surface area contributed by atoms with Gasteiger partial charge in [0, 0.05) is 16.3 Å². The second kappa shape index (κ2) is 4.63. The fourth-order valence-electron chi connectivity index (χ4n) is 1.46. The van der Waals surface area contributed by atoms with Gasteiger partial charge in [-0.3, -0.25) is 0 Å². The van der Waals surface area contributed by atoms with Crippen LogP contribution in [0.25, 0.3) is 0 Å². The van der Waals surface area contributed by atoms with Crippen molar-refractivity contribution in [2.75, 3.05) is 11.5 Å². The maximum Gasteiger partial charge on any atom is 0.192 e. The van der Waals surface area contributed by atoms with Crippen LogP contribution in [0, 0.1) is 13.8 Å². The summed E-state index contributed by atoms with van der Waals surface area (Å²) in [6.45, 7) is 3.91. The number of aryl methyl sites for hydroxylation is 2. The van der Waals surface area contributed by atoms with Gasteiger partial charge in [0.1, 0.15) is 0 Å². The highest BCUT2D eigenvalue weighted by Crippen LogP contribution is 2.28. The summed E-state index contributed by atoms with van der Waals surface area (Å²) in [7, 11) is 0. The van der Waals surface area contributed by atoms with Crippen molar-refractivity contribution in [2.45, 2.75) is 23.9 Å². The van der Waals surface area contributed by atoms with Gasteiger partial charge < -0.3 is 11.5 Å². The Kier molecular flexibility index (Phi) is 3.19. The molecule has 17 heavy (non-hydrogen) atoms. The van der Waals surface area contributed by atoms with E-state index in [-0.39, 0.29) is 0 Å². The molecule has 4 N–H and O–H groups in total. The van der Waals surface area contributed by atoms with E-state index >= 15 is 0 Å². The predicted octanol–water partition coefficient (Wildman–Crippen LogP) is 2.41.